The Morgan fingerprint density at radius 1 is 1.07 bits per heavy atom. The molecule has 4 aromatic rings. The molecular formula is C31H27ClN2O6S. The predicted molar refractivity (Wildman–Crippen MR) is 158 cm³/mol. The van der Waals surface area contributed by atoms with E-state index < -0.39 is 17.7 Å². The molecule has 41 heavy (non-hydrogen) atoms. The third-order valence-electron chi connectivity index (χ3n) is 7.00. The first-order chi connectivity index (χ1) is 19.9. The maximum atomic E-state index is 13.6. The molecule has 1 amide bonds. The van der Waals surface area contributed by atoms with Crippen LogP contribution in [0, 0.1) is 0 Å². The summed E-state index contributed by atoms with van der Waals surface area (Å²) in [5.41, 5.74) is 1.54. The highest BCUT2D eigenvalue weighted by atomic mass is 35.5. The maximum absolute atomic E-state index is 13.6. The summed E-state index contributed by atoms with van der Waals surface area (Å²) in [6, 6.07) is 16.5. The molecule has 0 bridgehead atoms. The number of ketones is 1. The Morgan fingerprint density at radius 3 is 2.73 bits per heavy atom. The minimum Gasteiger partial charge on any atom is -0.507 e. The first kappa shape index (κ1) is 27.1. The fourth-order valence-corrected chi connectivity index (χ4v) is 6.27. The normalized spacial score (nSPS) is 17.8. The van der Waals surface area contributed by atoms with E-state index in [1.54, 1.807) is 42.5 Å². The second-order valence-corrected chi connectivity index (χ2v) is 11.2. The van der Waals surface area contributed by atoms with E-state index in [1.807, 2.05) is 18.2 Å². The predicted octanol–water partition coefficient (Wildman–Crippen LogP) is 6.92. The monoisotopic (exact) mass is 590 g/mol. The molecule has 0 unspecified atom stereocenters. The van der Waals surface area contributed by atoms with Crippen LogP contribution >= 0.6 is 22.9 Å². The second kappa shape index (κ2) is 11.4. The van der Waals surface area contributed by atoms with E-state index in [0.717, 1.165) is 24.0 Å². The fourth-order valence-electron chi connectivity index (χ4n) is 5.00. The number of aromatic nitrogens is 1. The molecule has 0 spiro atoms. The van der Waals surface area contributed by atoms with Crippen molar-refractivity contribution in [1.29, 1.82) is 0 Å². The molecule has 2 aliphatic heterocycles. The SMILES string of the molecule is CCCCCOc1cccc([C@H]2C(=C(O)c3ccc4c(c3)OCCO4)C(=O)C(=O)N2c2nc3ccc(Cl)cc3s2)c1. The van der Waals surface area contributed by atoms with Crippen LogP contribution in [0.3, 0.4) is 0 Å². The molecule has 3 heterocycles. The first-order valence-corrected chi connectivity index (χ1v) is 14.6. The fraction of sp³-hybridized carbons (Fsp3) is 0.258. The number of nitrogens with zero attached hydrogens (tertiary/aromatic N) is 2. The van der Waals surface area contributed by atoms with E-state index in [-0.39, 0.29) is 11.3 Å². The van der Waals surface area contributed by atoms with Gasteiger partial charge in [0.05, 0.1) is 28.4 Å². The summed E-state index contributed by atoms with van der Waals surface area (Å²) < 4.78 is 18.0. The molecule has 0 aliphatic carbocycles. The third-order valence-corrected chi connectivity index (χ3v) is 8.25. The summed E-state index contributed by atoms with van der Waals surface area (Å²) in [7, 11) is 0. The smallest absolute Gasteiger partial charge is 0.301 e. The standard InChI is InChI=1S/C31H27ClN2O6S/c1-2-3-4-12-38-21-7-5-6-18(15-21)27-26(28(35)19-8-11-23-24(16-19)40-14-13-39-23)29(36)30(37)34(27)31-33-22-10-9-20(32)17-25(22)41-31/h5-11,15-17,27,35H,2-4,12-14H2,1H3/t27-/m0/s1. The minimum atomic E-state index is -0.946. The van der Waals surface area contributed by atoms with Crippen molar-refractivity contribution >= 4 is 55.7 Å². The van der Waals surface area contributed by atoms with E-state index in [2.05, 4.69) is 11.9 Å². The van der Waals surface area contributed by atoms with Crippen molar-refractivity contribution < 1.29 is 28.9 Å². The number of anilines is 1. The lowest BCUT2D eigenvalue weighted by Crippen LogP contribution is -2.29. The van der Waals surface area contributed by atoms with Gasteiger partial charge in [-0.3, -0.25) is 14.5 Å². The number of carbonyl (C=O) groups excluding carboxylic acids is 2. The van der Waals surface area contributed by atoms with E-state index in [9.17, 15) is 14.7 Å². The van der Waals surface area contributed by atoms with Crippen molar-refractivity contribution in [1.82, 2.24) is 4.98 Å². The number of carbonyl (C=O) groups is 2. The summed E-state index contributed by atoms with van der Waals surface area (Å²) in [6.45, 7) is 3.47. The van der Waals surface area contributed by atoms with Crippen LogP contribution in [-0.4, -0.2) is 41.6 Å². The summed E-state index contributed by atoms with van der Waals surface area (Å²) in [6.07, 6.45) is 3.04. The molecule has 8 nitrogen and oxygen atoms in total. The van der Waals surface area contributed by atoms with Crippen LogP contribution in [0.2, 0.25) is 5.02 Å². The van der Waals surface area contributed by atoms with E-state index in [4.69, 9.17) is 25.8 Å². The number of halogens is 1. The highest BCUT2D eigenvalue weighted by Crippen LogP contribution is 2.45. The Morgan fingerprint density at radius 2 is 1.90 bits per heavy atom. The van der Waals surface area contributed by atoms with Gasteiger partial charge in [-0.2, -0.15) is 0 Å². The van der Waals surface area contributed by atoms with Crippen LogP contribution in [0.1, 0.15) is 43.4 Å². The van der Waals surface area contributed by atoms with Gasteiger partial charge in [0, 0.05) is 10.6 Å². The number of aliphatic hydroxyl groups excluding tert-OH is 1. The van der Waals surface area contributed by atoms with Gasteiger partial charge in [0.25, 0.3) is 5.78 Å². The van der Waals surface area contributed by atoms with Gasteiger partial charge in [0.15, 0.2) is 16.6 Å². The van der Waals surface area contributed by atoms with E-state index >= 15 is 0 Å². The van der Waals surface area contributed by atoms with Crippen LogP contribution in [0.5, 0.6) is 17.2 Å². The molecular weight excluding hydrogens is 564 g/mol. The summed E-state index contributed by atoms with van der Waals surface area (Å²) in [4.78, 5) is 33.3. The average Bonchev–Trinajstić information content (AvgIpc) is 3.52. The topological polar surface area (TPSA) is 98.2 Å². The lowest BCUT2D eigenvalue weighted by Gasteiger charge is -2.24. The quantitative estimate of drug-likeness (QED) is 0.103. The highest BCUT2D eigenvalue weighted by molar-refractivity contribution is 7.22. The Kier molecular flexibility index (Phi) is 7.55. The highest BCUT2D eigenvalue weighted by Gasteiger charge is 2.48. The number of thiazole rings is 1. The molecule has 210 valence electrons. The van der Waals surface area contributed by atoms with Crippen LogP contribution in [0.4, 0.5) is 5.13 Å². The van der Waals surface area contributed by atoms with Gasteiger partial charge in [-0.1, -0.05) is 54.8 Å². The zero-order valence-electron chi connectivity index (χ0n) is 22.3. The Hall–Kier alpha value is -4.08. The molecule has 2 aliphatic rings. The van der Waals surface area contributed by atoms with Crippen LogP contribution in [0.15, 0.2) is 66.2 Å². The molecule has 10 heteroatoms. The van der Waals surface area contributed by atoms with Crippen LogP contribution in [-0.2, 0) is 9.59 Å². The van der Waals surface area contributed by atoms with E-state index in [1.165, 1.54) is 16.2 Å². The van der Waals surface area contributed by atoms with E-state index in [0.29, 0.717) is 63.9 Å². The van der Waals surface area contributed by atoms with Gasteiger partial charge >= 0.3 is 5.91 Å². The van der Waals surface area contributed by atoms with Gasteiger partial charge in [0.2, 0.25) is 0 Å². The summed E-state index contributed by atoms with van der Waals surface area (Å²) in [5, 5.41) is 12.4. The van der Waals surface area contributed by atoms with Crippen molar-refractivity contribution in [3.8, 4) is 17.2 Å². The van der Waals surface area contributed by atoms with Crippen molar-refractivity contribution in [2.24, 2.45) is 0 Å². The molecule has 1 atom stereocenters. The Bertz CT molecular complexity index is 1680. The van der Waals surface area contributed by atoms with Crippen LogP contribution in [0.25, 0.3) is 16.0 Å². The number of amides is 1. The number of fused-ring (bicyclic) bond motifs is 2. The molecule has 1 N–H and O–H groups in total. The lowest BCUT2D eigenvalue weighted by atomic mass is 9.95. The molecule has 1 fully saturated rings. The van der Waals surface area contributed by atoms with Crippen LogP contribution < -0.4 is 19.1 Å². The zero-order valence-corrected chi connectivity index (χ0v) is 23.8. The van der Waals surface area contributed by atoms with Gasteiger partial charge in [-0.05, 0) is 60.5 Å². The van der Waals surface area contributed by atoms with Gasteiger partial charge in [-0.15, -0.1) is 0 Å². The van der Waals surface area contributed by atoms with Crippen molar-refractivity contribution in [3.05, 3.63) is 82.4 Å². The molecule has 6 rings (SSSR count). The maximum Gasteiger partial charge on any atom is 0.301 e. The number of rotatable bonds is 8. The number of aliphatic hydroxyl groups is 1. The molecule has 1 aromatic heterocycles. The molecule has 3 aromatic carbocycles. The summed E-state index contributed by atoms with van der Waals surface area (Å²) in [5.74, 6) is -0.296. The Labute approximate surface area is 245 Å². The third kappa shape index (κ3) is 5.23. The van der Waals surface area contributed by atoms with Gasteiger partial charge in [-0.25, -0.2) is 4.98 Å². The Balaban J connectivity index is 1.48. The largest absolute Gasteiger partial charge is 0.507 e. The van der Waals surface area contributed by atoms with Gasteiger partial charge in [0.1, 0.15) is 24.7 Å². The molecule has 0 saturated carbocycles. The van der Waals surface area contributed by atoms with Crippen molar-refractivity contribution in [2.75, 3.05) is 24.7 Å². The molecule has 1 saturated heterocycles. The molecule has 0 radical (unpaired) electrons. The van der Waals surface area contributed by atoms with Crippen molar-refractivity contribution in [3.63, 3.8) is 0 Å². The average molecular weight is 591 g/mol. The second-order valence-electron chi connectivity index (χ2n) is 9.76. The minimum absolute atomic E-state index is 0.0490. The lowest BCUT2D eigenvalue weighted by molar-refractivity contribution is -0.132. The number of unbranched alkanes of at least 4 members (excludes halogenated alkanes) is 2. The number of hydrogen-bond acceptors (Lipinski definition) is 8. The number of hydrogen-bond donors (Lipinski definition) is 1. The number of ether oxygens (including phenoxy) is 3. The number of Topliss-reactive ketones (excluding diaryl/α,β-unsaturated/α-hetero) is 1. The number of benzene rings is 3. The summed E-state index contributed by atoms with van der Waals surface area (Å²) >= 11 is 7.45. The van der Waals surface area contributed by atoms with Gasteiger partial charge < -0.3 is 19.3 Å². The zero-order chi connectivity index (χ0) is 28.5. The van der Waals surface area contributed by atoms with Crippen molar-refractivity contribution in [2.45, 2.75) is 32.2 Å². The first-order valence-electron chi connectivity index (χ1n) is 13.4.